The predicted octanol–water partition coefficient (Wildman–Crippen LogP) is 3.00. The summed E-state index contributed by atoms with van der Waals surface area (Å²) in [5, 5.41) is 7.33. The molecular weight excluding hydrogens is 236 g/mol. The summed E-state index contributed by atoms with van der Waals surface area (Å²) in [5.41, 5.74) is 1.17. The average molecular weight is 254 g/mol. The fourth-order valence-corrected chi connectivity index (χ4v) is 4.39. The Balaban J connectivity index is 1.70. The molecule has 0 bridgehead atoms. The maximum absolute atomic E-state index is 4.66. The van der Waals surface area contributed by atoms with Crippen LogP contribution in [0.15, 0.2) is 5.38 Å². The monoisotopic (exact) mass is 254 g/mol. The van der Waals surface area contributed by atoms with Crippen LogP contribution >= 0.6 is 23.1 Å². The molecule has 1 aromatic rings. The van der Waals surface area contributed by atoms with Gasteiger partial charge in [0.15, 0.2) is 0 Å². The Morgan fingerprint density at radius 3 is 2.88 bits per heavy atom. The summed E-state index contributed by atoms with van der Waals surface area (Å²) in [6.07, 6.45) is 4.10. The van der Waals surface area contributed by atoms with Gasteiger partial charge in [0.25, 0.3) is 0 Å². The molecule has 0 spiro atoms. The van der Waals surface area contributed by atoms with Crippen molar-refractivity contribution in [2.24, 2.45) is 5.92 Å². The van der Waals surface area contributed by atoms with Crippen LogP contribution in [0.4, 0.5) is 0 Å². The molecule has 2 fully saturated rings. The largest absolute Gasteiger partial charge is 0.304 e. The van der Waals surface area contributed by atoms with Gasteiger partial charge in [-0.3, -0.25) is 0 Å². The van der Waals surface area contributed by atoms with Crippen molar-refractivity contribution in [3.63, 3.8) is 0 Å². The van der Waals surface area contributed by atoms with Gasteiger partial charge in [0.1, 0.15) is 5.01 Å². The number of nitrogens with zero attached hydrogens (tertiary/aromatic N) is 1. The Labute approximate surface area is 105 Å². The van der Waals surface area contributed by atoms with Crippen LogP contribution in [-0.4, -0.2) is 22.5 Å². The number of hydrogen-bond donors (Lipinski definition) is 1. The summed E-state index contributed by atoms with van der Waals surface area (Å²) in [6.45, 7) is 2.09. The first-order chi connectivity index (χ1) is 7.83. The van der Waals surface area contributed by atoms with Crippen LogP contribution in [0.1, 0.15) is 36.0 Å². The van der Waals surface area contributed by atoms with Crippen molar-refractivity contribution < 1.29 is 0 Å². The standard InChI is InChI=1S/C12H18N2S2/c1-8-6-16-12(13-8)11(9-2-3-9)14-10-4-5-15-7-10/h6,9-11,14H,2-5,7H2,1H3. The molecule has 0 radical (unpaired) electrons. The van der Waals surface area contributed by atoms with Crippen LogP contribution in [0.5, 0.6) is 0 Å². The second-order valence-corrected chi connectivity index (χ2v) is 6.91. The highest BCUT2D eigenvalue weighted by molar-refractivity contribution is 7.99. The quantitative estimate of drug-likeness (QED) is 0.894. The van der Waals surface area contributed by atoms with Crippen LogP contribution < -0.4 is 5.32 Å². The molecule has 1 aliphatic heterocycles. The predicted molar refractivity (Wildman–Crippen MR) is 71.2 cm³/mol. The Morgan fingerprint density at radius 1 is 1.44 bits per heavy atom. The van der Waals surface area contributed by atoms with Crippen molar-refractivity contribution in [1.82, 2.24) is 10.3 Å². The lowest BCUT2D eigenvalue weighted by atomic mass is 10.1. The molecule has 1 saturated carbocycles. The topological polar surface area (TPSA) is 24.9 Å². The number of nitrogens with one attached hydrogen (secondary N) is 1. The summed E-state index contributed by atoms with van der Waals surface area (Å²) in [6, 6.07) is 1.27. The van der Waals surface area contributed by atoms with Gasteiger partial charge in [-0.05, 0) is 37.9 Å². The molecule has 1 saturated heterocycles. The lowest BCUT2D eigenvalue weighted by Crippen LogP contribution is -2.33. The summed E-state index contributed by atoms with van der Waals surface area (Å²) >= 11 is 3.91. The molecule has 0 aromatic carbocycles. The normalized spacial score (nSPS) is 27.2. The third-order valence-corrected chi connectivity index (χ3v) is 5.55. The fraction of sp³-hybridized carbons (Fsp3) is 0.750. The number of rotatable bonds is 4. The summed E-state index contributed by atoms with van der Waals surface area (Å²) in [7, 11) is 0. The molecule has 0 amide bonds. The maximum atomic E-state index is 4.66. The number of aryl methyl sites for hydroxylation is 1. The van der Waals surface area contributed by atoms with Gasteiger partial charge in [0.2, 0.25) is 0 Å². The van der Waals surface area contributed by atoms with Crippen LogP contribution in [-0.2, 0) is 0 Å². The van der Waals surface area contributed by atoms with Gasteiger partial charge in [0.05, 0.1) is 6.04 Å². The minimum atomic E-state index is 0.544. The Hall–Kier alpha value is -0.0600. The van der Waals surface area contributed by atoms with Crippen molar-refractivity contribution in [1.29, 1.82) is 0 Å². The van der Waals surface area contributed by atoms with Crippen LogP contribution in [0.3, 0.4) is 0 Å². The van der Waals surface area contributed by atoms with E-state index in [0.29, 0.717) is 6.04 Å². The number of thiazole rings is 1. The highest BCUT2D eigenvalue weighted by Gasteiger charge is 2.35. The molecule has 2 aliphatic rings. The Kier molecular flexibility index (Phi) is 3.22. The third kappa shape index (κ3) is 2.44. The minimum absolute atomic E-state index is 0.544. The molecule has 2 heterocycles. The van der Waals surface area contributed by atoms with Crippen molar-refractivity contribution in [2.45, 2.75) is 38.3 Å². The third-order valence-electron chi connectivity index (χ3n) is 3.34. The molecule has 1 aliphatic carbocycles. The number of aromatic nitrogens is 1. The van der Waals surface area contributed by atoms with Gasteiger partial charge in [-0.1, -0.05) is 0 Å². The Bertz CT molecular complexity index is 354. The molecule has 2 nitrogen and oxygen atoms in total. The summed E-state index contributed by atoms with van der Waals surface area (Å²) in [4.78, 5) is 4.66. The van der Waals surface area contributed by atoms with Gasteiger partial charge < -0.3 is 5.32 Å². The second kappa shape index (κ2) is 4.67. The second-order valence-electron chi connectivity index (χ2n) is 4.87. The van der Waals surface area contributed by atoms with Crippen molar-refractivity contribution >= 4 is 23.1 Å². The fourth-order valence-electron chi connectivity index (χ4n) is 2.27. The van der Waals surface area contributed by atoms with Gasteiger partial charge in [-0.25, -0.2) is 4.98 Å². The molecule has 1 aromatic heterocycles. The maximum Gasteiger partial charge on any atom is 0.110 e. The van der Waals surface area contributed by atoms with E-state index in [2.05, 4.69) is 34.4 Å². The zero-order valence-corrected chi connectivity index (χ0v) is 11.2. The van der Waals surface area contributed by atoms with Crippen LogP contribution in [0.25, 0.3) is 0 Å². The SMILES string of the molecule is Cc1csc(C(NC2CCSC2)C2CC2)n1. The first-order valence-corrected chi connectivity index (χ1v) is 8.12. The summed E-state index contributed by atoms with van der Waals surface area (Å²) in [5.74, 6) is 3.47. The van der Waals surface area contributed by atoms with E-state index < -0.39 is 0 Å². The molecule has 88 valence electrons. The van der Waals surface area contributed by atoms with Gasteiger partial charge in [0, 0.05) is 22.9 Å². The summed E-state index contributed by atoms with van der Waals surface area (Å²) < 4.78 is 0. The smallest absolute Gasteiger partial charge is 0.110 e. The average Bonchev–Trinajstić information content (AvgIpc) is 2.81. The molecule has 1 N–H and O–H groups in total. The van der Waals surface area contributed by atoms with Gasteiger partial charge in [-0.15, -0.1) is 11.3 Å². The molecule has 2 atom stereocenters. The zero-order chi connectivity index (χ0) is 11.0. The van der Waals surface area contributed by atoms with E-state index in [4.69, 9.17) is 0 Å². The number of thioether (sulfide) groups is 1. The van der Waals surface area contributed by atoms with E-state index in [-0.39, 0.29) is 0 Å². The number of hydrogen-bond acceptors (Lipinski definition) is 4. The molecule has 16 heavy (non-hydrogen) atoms. The lowest BCUT2D eigenvalue weighted by Gasteiger charge is -2.20. The van der Waals surface area contributed by atoms with E-state index in [0.717, 1.165) is 12.0 Å². The first kappa shape index (κ1) is 11.1. The minimum Gasteiger partial charge on any atom is -0.304 e. The molecule has 4 heteroatoms. The first-order valence-electron chi connectivity index (χ1n) is 6.09. The van der Waals surface area contributed by atoms with Gasteiger partial charge in [-0.2, -0.15) is 11.8 Å². The van der Waals surface area contributed by atoms with Crippen LogP contribution in [0, 0.1) is 12.8 Å². The van der Waals surface area contributed by atoms with Crippen molar-refractivity contribution in [3.05, 3.63) is 16.1 Å². The highest BCUT2D eigenvalue weighted by Crippen LogP contribution is 2.42. The molecular formula is C12H18N2S2. The van der Waals surface area contributed by atoms with E-state index in [1.54, 1.807) is 0 Å². The van der Waals surface area contributed by atoms with E-state index in [9.17, 15) is 0 Å². The van der Waals surface area contributed by atoms with E-state index in [1.807, 2.05) is 11.3 Å². The van der Waals surface area contributed by atoms with E-state index >= 15 is 0 Å². The van der Waals surface area contributed by atoms with Crippen LogP contribution in [0.2, 0.25) is 0 Å². The zero-order valence-electron chi connectivity index (χ0n) is 9.61. The van der Waals surface area contributed by atoms with Gasteiger partial charge >= 0.3 is 0 Å². The van der Waals surface area contributed by atoms with Crippen molar-refractivity contribution in [3.8, 4) is 0 Å². The lowest BCUT2D eigenvalue weighted by molar-refractivity contribution is 0.422. The Morgan fingerprint density at radius 2 is 2.31 bits per heavy atom. The highest BCUT2D eigenvalue weighted by atomic mass is 32.2. The van der Waals surface area contributed by atoms with Crippen molar-refractivity contribution in [2.75, 3.05) is 11.5 Å². The molecule has 2 unspecified atom stereocenters. The van der Waals surface area contributed by atoms with E-state index in [1.165, 1.54) is 41.5 Å². The molecule has 3 rings (SSSR count).